The molecule has 9 heteroatoms. The second kappa shape index (κ2) is 9.64. The monoisotopic (exact) mass is 469 g/mol. The van der Waals surface area contributed by atoms with E-state index in [0.29, 0.717) is 43.6 Å². The molecule has 0 radical (unpaired) electrons. The van der Waals surface area contributed by atoms with Crippen molar-refractivity contribution in [2.75, 3.05) is 26.2 Å². The lowest BCUT2D eigenvalue weighted by molar-refractivity contribution is -0.138. The molecular formula is C25H35N5O4. The lowest BCUT2D eigenvalue weighted by Crippen LogP contribution is -2.56. The molecule has 9 nitrogen and oxygen atoms in total. The molecule has 1 aliphatic carbocycles. The molecule has 1 aromatic heterocycles. The number of amides is 3. The fraction of sp³-hybridized carbons (Fsp3) is 0.600. The first kappa shape index (κ1) is 24.0. The van der Waals surface area contributed by atoms with Gasteiger partial charge in [0.25, 0.3) is 5.56 Å². The van der Waals surface area contributed by atoms with Crippen molar-refractivity contribution in [1.82, 2.24) is 24.7 Å². The number of piperazine rings is 1. The smallest absolute Gasteiger partial charge is 0.328 e. The lowest BCUT2D eigenvalue weighted by atomic mass is 9.81. The molecule has 0 unspecified atom stereocenters. The fourth-order valence-electron chi connectivity index (χ4n) is 5.00. The largest absolute Gasteiger partial charge is 0.339 e. The minimum absolute atomic E-state index is 0.0298. The summed E-state index contributed by atoms with van der Waals surface area (Å²) in [5, 5.41) is 3.49. The molecule has 0 atom stereocenters. The van der Waals surface area contributed by atoms with Gasteiger partial charge in [0.2, 0.25) is 5.91 Å². The first-order valence-electron chi connectivity index (χ1n) is 12.2. The number of hydrogen-bond acceptors (Lipinski definition) is 4. The van der Waals surface area contributed by atoms with Gasteiger partial charge in [0, 0.05) is 44.2 Å². The van der Waals surface area contributed by atoms with E-state index in [2.05, 4.69) is 10.3 Å². The van der Waals surface area contributed by atoms with E-state index < -0.39 is 0 Å². The number of benzene rings is 1. The Morgan fingerprint density at radius 1 is 0.971 bits per heavy atom. The molecule has 2 aliphatic rings. The highest BCUT2D eigenvalue weighted by Crippen LogP contribution is 2.31. The van der Waals surface area contributed by atoms with E-state index >= 15 is 0 Å². The van der Waals surface area contributed by atoms with Crippen molar-refractivity contribution in [3.8, 4) is 0 Å². The summed E-state index contributed by atoms with van der Waals surface area (Å²) < 4.78 is 1.30. The van der Waals surface area contributed by atoms with Gasteiger partial charge in [-0.1, -0.05) is 12.1 Å². The van der Waals surface area contributed by atoms with Crippen LogP contribution < -0.4 is 16.6 Å². The van der Waals surface area contributed by atoms with E-state index in [0.717, 1.165) is 25.7 Å². The third kappa shape index (κ3) is 5.34. The van der Waals surface area contributed by atoms with E-state index in [1.54, 1.807) is 29.2 Å². The van der Waals surface area contributed by atoms with Crippen molar-refractivity contribution < 1.29 is 9.59 Å². The van der Waals surface area contributed by atoms with Gasteiger partial charge in [-0.25, -0.2) is 9.59 Å². The second-order valence-electron chi connectivity index (χ2n) is 10.6. The summed E-state index contributed by atoms with van der Waals surface area (Å²) in [4.78, 5) is 57.2. The maximum absolute atomic E-state index is 13.1. The first-order valence-corrected chi connectivity index (χ1v) is 12.2. The third-order valence-corrected chi connectivity index (χ3v) is 6.89. The standard InChI is InChI=1S/C25H35N5O4/c1-25(2,3)27-24(34)29-14-12-28(13-15-29)21(31)18-10-8-17(9-11-18)16-30-22(32)19-6-4-5-7-20(19)26-23(30)33/h4-7,17-18H,8-16H2,1-3H3,(H,26,33)(H,27,34)/t17-,18-. The van der Waals surface area contributed by atoms with E-state index in [1.807, 2.05) is 25.7 Å². The third-order valence-electron chi connectivity index (χ3n) is 6.89. The first-order chi connectivity index (χ1) is 16.1. The summed E-state index contributed by atoms with van der Waals surface area (Å²) in [5.74, 6) is 0.329. The summed E-state index contributed by atoms with van der Waals surface area (Å²) in [5.41, 5.74) is -0.369. The number of aromatic amines is 1. The molecule has 2 N–H and O–H groups in total. The van der Waals surface area contributed by atoms with Crippen LogP contribution in [0.4, 0.5) is 4.79 Å². The molecule has 2 aromatic rings. The normalized spacial score (nSPS) is 21.5. The molecule has 34 heavy (non-hydrogen) atoms. The minimum Gasteiger partial charge on any atom is -0.339 e. The lowest BCUT2D eigenvalue weighted by Gasteiger charge is -2.38. The van der Waals surface area contributed by atoms with Gasteiger partial charge in [-0.3, -0.25) is 14.2 Å². The van der Waals surface area contributed by atoms with Gasteiger partial charge in [0.1, 0.15) is 0 Å². The van der Waals surface area contributed by atoms with Crippen molar-refractivity contribution in [3.05, 3.63) is 45.1 Å². The van der Waals surface area contributed by atoms with Crippen molar-refractivity contribution in [3.63, 3.8) is 0 Å². The number of aromatic nitrogens is 2. The zero-order valence-electron chi connectivity index (χ0n) is 20.3. The maximum Gasteiger partial charge on any atom is 0.328 e. The van der Waals surface area contributed by atoms with Crippen LogP contribution in [0.5, 0.6) is 0 Å². The number of carbonyl (C=O) groups is 2. The average Bonchev–Trinajstić information content (AvgIpc) is 2.81. The predicted molar refractivity (Wildman–Crippen MR) is 131 cm³/mol. The SMILES string of the molecule is CC(C)(C)NC(=O)N1CCN(C(=O)[C@H]2CC[C@H](Cn3c(=O)[nH]c4ccccc4c3=O)CC2)CC1. The molecule has 0 spiro atoms. The number of H-pyrrole nitrogens is 1. The van der Waals surface area contributed by atoms with Crippen LogP contribution in [-0.4, -0.2) is 63.0 Å². The Bertz CT molecular complexity index is 1160. The Hall–Kier alpha value is -3.10. The number of para-hydroxylation sites is 1. The number of nitrogens with zero attached hydrogens (tertiary/aromatic N) is 3. The van der Waals surface area contributed by atoms with Gasteiger partial charge < -0.3 is 20.1 Å². The highest BCUT2D eigenvalue weighted by Gasteiger charge is 2.32. The maximum atomic E-state index is 13.1. The van der Waals surface area contributed by atoms with Crippen LogP contribution in [-0.2, 0) is 11.3 Å². The van der Waals surface area contributed by atoms with Crippen LogP contribution in [0.25, 0.3) is 10.9 Å². The molecule has 184 valence electrons. The van der Waals surface area contributed by atoms with Crippen LogP contribution in [0.3, 0.4) is 0 Å². The van der Waals surface area contributed by atoms with Crippen LogP contribution in [0.1, 0.15) is 46.5 Å². The molecule has 2 fully saturated rings. The van der Waals surface area contributed by atoms with Gasteiger partial charge in [0.05, 0.1) is 10.9 Å². The van der Waals surface area contributed by atoms with E-state index in [9.17, 15) is 19.2 Å². The van der Waals surface area contributed by atoms with Gasteiger partial charge in [0.15, 0.2) is 0 Å². The highest BCUT2D eigenvalue weighted by molar-refractivity contribution is 5.80. The summed E-state index contributed by atoms with van der Waals surface area (Å²) in [6, 6.07) is 6.96. The minimum atomic E-state index is -0.379. The van der Waals surface area contributed by atoms with Crippen molar-refractivity contribution in [1.29, 1.82) is 0 Å². The summed E-state index contributed by atoms with van der Waals surface area (Å²) in [7, 11) is 0. The number of urea groups is 1. The van der Waals surface area contributed by atoms with E-state index in [-0.39, 0.29) is 40.6 Å². The molecule has 2 heterocycles. The molecule has 3 amide bonds. The number of rotatable bonds is 3. The van der Waals surface area contributed by atoms with E-state index in [4.69, 9.17) is 0 Å². The van der Waals surface area contributed by atoms with Crippen molar-refractivity contribution in [2.24, 2.45) is 11.8 Å². The number of hydrogen-bond donors (Lipinski definition) is 2. The topological polar surface area (TPSA) is 108 Å². The van der Waals surface area contributed by atoms with E-state index in [1.165, 1.54) is 4.57 Å². The van der Waals surface area contributed by atoms with Gasteiger partial charge in [-0.15, -0.1) is 0 Å². The zero-order valence-corrected chi connectivity index (χ0v) is 20.3. The van der Waals surface area contributed by atoms with Gasteiger partial charge in [-0.05, 0) is 64.5 Å². The molecule has 1 aliphatic heterocycles. The van der Waals surface area contributed by atoms with Gasteiger partial charge in [-0.2, -0.15) is 0 Å². The van der Waals surface area contributed by atoms with Crippen LogP contribution in [0.15, 0.2) is 33.9 Å². The molecule has 0 bridgehead atoms. The average molecular weight is 470 g/mol. The number of fused-ring (bicyclic) bond motifs is 1. The zero-order chi connectivity index (χ0) is 24.5. The fourth-order valence-corrected chi connectivity index (χ4v) is 5.00. The van der Waals surface area contributed by atoms with Crippen LogP contribution in [0.2, 0.25) is 0 Å². The van der Waals surface area contributed by atoms with Crippen LogP contribution >= 0.6 is 0 Å². The number of nitrogens with one attached hydrogen (secondary N) is 2. The molecule has 1 saturated heterocycles. The molecule has 1 aromatic carbocycles. The van der Waals surface area contributed by atoms with Crippen molar-refractivity contribution >= 4 is 22.8 Å². The quantitative estimate of drug-likeness (QED) is 0.718. The summed E-state index contributed by atoms with van der Waals surface area (Å²) in [6.45, 7) is 8.42. The Balaban J connectivity index is 1.30. The molecule has 1 saturated carbocycles. The van der Waals surface area contributed by atoms with Crippen LogP contribution in [0, 0.1) is 11.8 Å². The highest BCUT2D eigenvalue weighted by atomic mass is 16.2. The Morgan fingerprint density at radius 2 is 1.59 bits per heavy atom. The Kier molecular flexibility index (Phi) is 6.81. The summed E-state index contributed by atoms with van der Waals surface area (Å²) in [6.07, 6.45) is 3.13. The molecular weight excluding hydrogens is 434 g/mol. The Morgan fingerprint density at radius 3 is 2.24 bits per heavy atom. The number of carbonyl (C=O) groups excluding carboxylic acids is 2. The van der Waals surface area contributed by atoms with Crippen molar-refractivity contribution in [2.45, 2.75) is 58.5 Å². The second-order valence-corrected chi connectivity index (χ2v) is 10.6. The summed E-state index contributed by atoms with van der Waals surface area (Å²) >= 11 is 0. The molecule has 4 rings (SSSR count). The Labute approximate surface area is 199 Å². The van der Waals surface area contributed by atoms with Gasteiger partial charge >= 0.3 is 11.7 Å². The predicted octanol–water partition coefficient (Wildman–Crippen LogP) is 2.15.